The van der Waals surface area contributed by atoms with E-state index in [0.29, 0.717) is 11.5 Å². The van der Waals surface area contributed by atoms with Crippen LogP contribution in [0.5, 0.6) is 0 Å². The van der Waals surface area contributed by atoms with Crippen LogP contribution in [0.2, 0.25) is 0 Å². The van der Waals surface area contributed by atoms with Gasteiger partial charge in [-0.2, -0.15) is 0 Å². The smallest absolute Gasteiger partial charge is 0.250 e. The number of hydrogen-bond acceptors (Lipinski definition) is 5. The fourth-order valence-electron chi connectivity index (χ4n) is 3.94. The summed E-state index contributed by atoms with van der Waals surface area (Å²) >= 11 is 1.35. The van der Waals surface area contributed by atoms with E-state index in [1.807, 2.05) is 53.4 Å². The molecule has 6 nitrogen and oxygen atoms in total. The number of likely N-dealkylation sites (tertiary alicyclic amines) is 1. The van der Waals surface area contributed by atoms with Gasteiger partial charge in [-0.3, -0.25) is 9.59 Å². The van der Waals surface area contributed by atoms with Gasteiger partial charge in [0.2, 0.25) is 11.8 Å². The van der Waals surface area contributed by atoms with Crippen molar-refractivity contribution >= 4 is 40.4 Å². The molecule has 29 heavy (non-hydrogen) atoms. The molecule has 2 amide bonds. The van der Waals surface area contributed by atoms with Gasteiger partial charge in [0.25, 0.3) is 5.91 Å². The van der Waals surface area contributed by atoms with Crippen LogP contribution in [0.15, 0.2) is 57.8 Å². The Bertz CT molecular complexity index is 1040. The molecule has 7 heteroatoms. The number of carbonyl (C=O) groups is 2. The molecule has 1 unspecified atom stereocenters. The van der Waals surface area contributed by atoms with Crippen molar-refractivity contribution in [3.8, 4) is 0 Å². The number of hydrogen-bond donors (Lipinski definition) is 0. The quantitative estimate of drug-likeness (QED) is 0.617. The largest absolute Gasteiger partial charge is 0.439 e. The Balaban J connectivity index is 1.47. The van der Waals surface area contributed by atoms with E-state index in [0.717, 1.165) is 48.5 Å². The molecule has 1 fully saturated rings. The average Bonchev–Trinajstić information content (AvgIpc) is 3.18. The van der Waals surface area contributed by atoms with E-state index >= 15 is 0 Å². The van der Waals surface area contributed by atoms with Crippen LogP contribution in [0.25, 0.3) is 11.1 Å². The Kier molecular flexibility index (Phi) is 4.75. The summed E-state index contributed by atoms with van der Waals surface area (Å²) in [6.45, 7) is 1.67. The molecule has 0 aliphatic carbocycles. The van der Waals surface area contributed by atoms with Crippen LogP contribution in [-0.4, -0.2) is 40.0 Å². The molecule has 148 valence electrons. The van der Waals surface area contributed by atoms with Gasteiger partial charge in [0.05, 0.1) is 5.69 Å². The van der Waals surface area contributed by atoms with E-state index in [4.69, 9.17) is 4.42 Å². The summed E-state index contributed by atoms with van der Waals surface area (Å²) in [5, 5.41) is -0.757. The summed E-state index contributed by atoms with van der Waals surface area (Å²) in [6.07, 6.45) is 3.14. The Hall–Kier alpha value is -2.80. The lowest BCUT2D eigenvalue weighted by molar-refractivity contribution is -0.135. The van der Waals surface area contributed by atoms with Crippen molar-refractivity contribution in [3.05, 3.63) is 54.4 Å². The van der Waals surface area contributed by atoms with Crippen molar-refractivity contribution < 1.29 is 14.0 Å². The summed E-state index contributed by atoms with van der Waals surface area (Å²) < 4.78 is 5.84. The van der Waals surface area contributed by atoms with Gasteiger partial charge in [-0.05, 0) is 43.5 Å². The summed E-state index contributed by atoms with van der Waals surface area (Å²) in [5.41, 5.74) is 2.25. The van der Waals surface area contributed by atoms with Crippen LogP contribution in [0, 0.1) is 0 Å². The molecular weight excluding hydrogens is 386 g/mol. The highest BCUT2D eigenvalue weighted by molar-refractivity contribution is 8.01. The summed E-state index contributed by atoms with van der Waals surface area (Å²) in [5.74, 6) is 0.175. The normalized spacial score (nSPS) is 19.4. The number of piperidine rings is 1. The van der Waals surface area contributed by atoms with Crippen molar-refractivity contribution in [2.45, 2.75) is 36.0 Å². The zero-order valence-corrected chi connectivity index (χ0v) is 16.7. The first kappa shape index (κ1) is 18.2. The zero-order chi connectivity index (χ0) is 19.8. The maximum atomic E-state index is 13.4. The maximum absolute atomic E-state index is 13.4. The molecule has 2 aliphatic rings. The molecule has 0 radical (unpaired) electrons. The minimum absolute atomic E-state index is 0.0863. The Morgan fingerprint density at radius 2 is 1.83 bits per heavy atom. The number of oxazole rings is 1. The van der Waals surface area contributed by atoms with Crippen molar-refractivity contribution in [1.29, 1.82) is 0 Å². The third kappa shape index (κ3) is 3.40. The second-order valence-electron chi connectivity index (χ2n) is 7.35. The van der Waals surface area contributed by atoms with Crippen LogP contribution >= 0.6 is 11.8 Å². The number of aromatic nitrogens is 1. The highest BCUT2D eigenvalue weighted by atomic mass is 32.2. The summed E-state index contributed by atoms with van der Waals surface area (Å²) in [4.78, 5) is 35.4. The zero-order valence-electron chi connectivity index (χ0n) is 15.9. The van der Waals surface area contributed by atoms with Gasteiger partial charge < -0.3 is 14.2 Å². The molecule has 0 N–H and O–H groups in total. The van der Waals surface area contributed by atoms with E-state index in [2.05, 4.69) is 4.98 Å². The van der Waals surface area contributed by atoms with E-state index < -0.39 is 5.25 Å². The highest BCUT2D eigenvalue weighted by Gasteiger charge is 2.40. The van der Waals surface area contributed by atoms with Gasteiger partial charge in [-0.1, -0.05) is 24.3 Å². The lowest BCUT2D eigenvalue weighted by Crippen LogP contribution is -2.50. The molecule has 5 rings (SSSR count). The number of fused-ring (bicyclic) bond motifs is 2. The average molecular weight is 407 g/mol. The van der Waals surface area contributed by atoms with Gasteiger partial charge >= 0.3 is 0 Å². The van der Waals surface area contributed by atoms with Crippen LogP contribution in [0.3, 0.4) is 0 Å². The van der Waals surface area contributed by atoms with E-state index in [-0.39, 0.29) is 18.4 Å². The van der Waals surface area contributed by atoms with Crippen LogP contribution in [0.4, 0.5) is 5.69 Å². The van der Waals surface area contributed by atoms with E-state index in [1.165, 1.54) is 11.8 Å². The topological polar surface area (TPSA) is 66.7 Å². The molecule has 0 bridgehead atoms. The second kappa shape index (κ2) is 7.55. The third-order valence-electron chi connectivity index (χ3n) is 5.41. The standard InChI is InChI=1S/C22H21N3O3S/c26-21(24-12-6-1-7-13-24)20-22(27)25(16-9-3-5-11-18(16)29-20)14-19-23-15-8-2-4-10-17(15)28-19/h2-5,8-11,20H,1,6-7,12-14H2. The first-order chi connectivity index (χ1) is 14.2. The Labute approximate surface area is 172 Å². The van der Waals surface area contributed by atoms with E-state index in [9.17, 15) is 9.59 Å². The molecule has 1 aromatic heterocycles. The number of para-hydroxylation sites is 3. The maximum Gasteiger partial charge on any atom is 0.250 e. The predicted octanol–water partition coefficient (Wildman–Crippen LogP) is 3.85. The van der Waals surface area contributed by atoms with Crippen molar-refractivity contribution in [2.24, 2.45) is 0 Å². The number of nitrogens with zero attached hydrogens (tertiary/aromatic N) is 3. The van der Waals surface area contributed by atoms with Gasteiger partial charge in [-0.25, -0.2) is 4.98 Å². The SMILES string of the molecule is O=C(C1Sc2ccccc2N(Cc2nc3ccccc3o2)C1=O)N1CCCCC1. The molecular formula is C22H21N3O3S. The third-order valence-corrected chi connectivity index (χ3v) is 6.65. The number of anilines is 1. The second-order valence-corrected chi connectivity index (χ2v) is 8.50. The fourth-order valence-corrected chi connectivity index (χ4v) is 5.13. The first-order valence-electron chi connectivity index (χ1n) is 9.91. The number of thioether (sulfide) groups is 1. The lowest BCUT2D eigenvalue weighted by atomic mass is 10.1. The van der Waals surface area contributed by atoms with Crippen molar-refractivity contribution in [1.82, 2.24) is 9.88 Å². The number of amides is 2. The highest BCUT2D eigenvalue weighted by Crippen LogP contribution is 2.40. The lowest BCUT2D eigenvalue weighted by Gasteiger charge is -2.35. The molecule has 2 aromatic carbocycles. The molecule has 0 saturated carbocycles. The molecule has 1 atom stereocenters. The Morgan fingerprint density at radius 3 is 2.66 bits per heavy atom. The van der Waals surface area contributed by atoms with Crippen molar-refractivity contribution in [2.75, 3.05) is 18.0 Å². The van der Waals surface area contributed by atoms with Gasteiger partial charge in [0, 0.05) is 18.0 Å². The molecule has 0 spiro atoms. The van der Waals surface area contributed by atoms with Crippen LogP contribution in [-0.2, 0) is 16.1 Å². The van der Waals surface area contributed by atoms with Crippen LogP contribution < -0.4 is 4.90 Å². The molecule has 2 aliphatic heterocycles. The number of rotatable bonds is 3. The Morgan fingerprint density at radius 1 is 1.07 bits per heavy atom. The summed E-state index contributed by atoms with van der Waals surface area (Å²) in [6, 6.07) is 15.2. The van der Waals surface area contributed by atoms with Crippen LogP contribution in [0.1, 0.15) is 25.2 Å². The number of carbonyl (C=O) groups excluding carboxylic acids is 2. The summed E-state index contributed by atoms with van der Waals surface area (Å²) in [7, 11) is 0. The molecule has 3 aromatic rings. The van der Waals surface area contributed by atoms with Crippen molar-refractivity contribution in [3.63, 3.8) is 0 Å². The predicted molar refractivity (Wildman–Crippen MR) is 112 cm³/mol. The number of benzene rings is 2. The minimum atomic E-state index is -0.757. The molecule has 3 heterocycles. The first-order valence-corrected chi connectivity index (χ1v) is 10.8. The van der Waals surface area contributed by atoms with Gasteiger partial charge in [0.15, 0.2) is 10.8 Å². The van der Waals surface area contributed by atoms with E-state index in [1.54, 1.807) is 4.90 Å². The monoisotopic (exact) mass is 407 g/mol. The van der Waals surface area contributed by atoms with Gasteiger partial charge in [-0.15, -0.1) is 11.8 Å². The minimum Gasteiger partial charge on any atom is -0.439 e. The fraction of sp³-hybridized carbons (Fsp3) is 0.318. The van der Waals surface area contributed by atoms with Gasteiger partial charge in [0.1, 0.15) is 12.1 Å². The molecule has 1 saturated heterocycles.